The van der Waals surface area contributed by atoms with Gasteiger partial charge in [0.05, 0.1) is 12.2 Å². The molecular formula is C27H31O6P. The van der Waals surface area contributed by atoms with Crippen LogP contribution in [0.2, 0.25) is 0 Å². The van der Waals surface area contributed by atoms with Gasteiger partial charge >= 0.3 is 7.82 Å². The minimum atomic E-state index is -4.26. The van der Waals surface area contributed by atoms with Crippen LogP contribution < -0.4 is 4.52 Å². The van der Waals surface area contributed by atoms with Crippen molar-refractivity contribution >= 4 is 25.0 Å². The van der Waals surface area contributed by atoms with Crippen LogP contribution in [0.25, 0.3) is 5.57 Å². The normalized spacial score (nSPS) is 15.3. The third-order valence-electron chi connectivity index (χ3n) is 5.31. The number of benzene rings is 2. The van der Waals surface area contributed by atoms with Gasteiger partial charge in [-0.15, -0.1) is 0 Å². The van der Waals surface area contributed by atoms with Crippen LogP contribution in [0.1, 0.15) is 57.4 Å². The number of hydrogen-bond acceptors (Lipinski definition) is 6. The van der Waals surface area contributed by atoms with E-state index in [2.05, 4.69) is 6.92 Å². The van der Waals surface area contributed by atoms with Crippen LogP contribution in [0.15, 0.2) is 78.6 Å². The SMILES string of the molecule is CCCCCCCCCOP(=O)(OC1=C(c2ccccc2)C(=O)C=CC1=O)Oc1ccccc1. The summed E-state index contributed by atoms with van der Waals surface area (Å²) in [4.78, 5) is 25.4. The third kappa shape index (κ3) is 7.54. The van der Waals surface area contributed by atoms with Crippen LogP contribution >= 0.6 is 7.82 Å². The number of carbonyl (C=O) groups is 2. The van der Waals surface area contributed by atoms with Crippen molar-refractivity contribution in [3.05, 3.63) is 84.1 Å². The van der Waals surface area contributed by atoms with E-state index >= 15 is 0 Å². The average molecular weight is 483 g/mol. The van der Waals surface area contributed by atoms with Gasteiger partial charge in [0.2, 0.25) is 5.78 Å². The number of rotatable bonds is 14. The third-order valence-corrected chi connectivity index (χ3v) is 6.65. The zero-order chi connectivity index (χ0) is 24.2. The van der Waals surface area contributed by atoms with Crippen LogP contribution in [0.4, 0.5) is 0 Å². The molecule has 0 N–H and O–H groups in total. The highest BCUT2D eigenvalue weighted by Gasteiger charge is 2.37. The summed E-state index contributed by atoms with van der Waals surface area (Å²) >= 11 is 0. The van der Waals surface area contributed by atoms with Crippen molar-refractivity contribution in [3.8, 4) is 5.75 Å². The molecule has 0 spiro atoms. The first-order chi connectivity index (χ1) is 16.5. The molecule has 0 fully saturated rings. The highest BCUT2D eigenvalue weighted by molar-refractivity contribution is 7.49. The predicted octanol–water partition coefficient (Wildman–Crippen LogP) is 7.08. The molecule has 0 radical (unpaired) electrons. The number of phosphoric acid groups is 1. The average Bonchev–Trinajstić information content (AvgIpc) is 2.84. The highest BCUT2D eigenvalue weighted by atomic mass is 31.2. The lowest BCUT2D eigenvalue weighted by molar-refractivity contribution is -0.115. The molecule has 2 aromatic carbocycles. The Bertz CT molecular complexity index is 1060. The van der Waals surface area contributed by atoms with Crippen LogP contribution in [-0.4, -0.2) is 18.2 Å². The fourth-order valence-electron chi connectivity index (χ4n) is 3.54. The lowest BCUT2D eigenvalue weighted by Crippen LogP contribution is -2.17. The van der Waals surface area contributed by atoms with Crippen molar-refractivity contribution in [2.75, 3.05) is 6.61 Å². The maximum absolute atomic E-state index is 13.7. The Morgan fingerprint density at radius 3 is 1.97 bits per heavy atom. The van der Waals surface area contributed by atoms with Gasteiger partial charge < -0.3 is 9.05 Å². The molecule has 0 heterocycles. The van der Waals surface area contributed by atoms with E-state index in [0.29, 0.717) is 12.0 Å². The second-order valence-electron chi connectivity index (χ2n) is 8.03. The summed E-state index contributed by atoms with van der Waals surface area (Å²) < 4.78 is 30.6. The first-order valence-electron chi connectivity index (χ1n) is 11.8. The Labute approximate surface area is 201 Å². The molecule has 2 aromatic rings. The molecule has 180 valence electrons. The molecule has 0 saturated heterocycles. The first kappa shape index (κ1) is 25.7. The molecule has 7 heteroatoms. The Balaban J connectivity index is 1.78. The van der Waals surface area contributed by atoms with Crippen molar-refractivity contribution in [1.82, 2.24) is 0 Å². The smallest absolute Gasteiger partial charge is 0.395 e. The number of unbranched alkanes of at least 4 members (excludes halogenated alkanes) is 6. The van der Waals surface area contributed by atoms with E-state index in [9.17, 15) is 14.2 Å². The van der Waals surface area contributed by atoms with Gasteiger partial charge in [0.15, 0.2) is 11.5 Å². The van der Waals surface area contributed by atoms with Crippen molar-refractivity contribution < 1.29 is 27.7 Å². The molecule has 1 unspecified atom stereocenters. The maximum atomic E-state index is 13.7. The number of para-hydroxylation sites is 1. The first-order valence-corrected chi connectivity index (χ1v) is 13.2. The topological polar surface area (TPSA) is 78.9 Å². The summed E-state index contributed by atoms with van der Waals surface area (Å²) in [6.45, 7) is 2.32. The molecule has 0 saturated carbocycles. The lowest BCUT2D eigenvalue weighted by atomic mass is 9.95. The molecule has 3 rings (SSSR count). The van der Waals surface area contributed by atoms with Crippen LogP contribution in [-0.2, 0) is 23.2 Å². The second-order valence-corrected chi connectivity index (χ2v) is 9.55. The summed E-state index contributed by atoms with van der Waals surface area (Å²) in [6, 6.07) is 17.1. The van der Waals surface area contributed by atoms with Gasteiger partial charge in [0.25, 0.3) is 0 Å². The summed E-state index contributed by atoms with van der Waals surface area (Å²) in [5, 5.41) is 0. The van der Waals surface area contributed by atoms with Gasteiger partial charge in [-0.2, -0.15) is 0 Å². The molecule has 0 bridgehead atoms. The van der Waals surface area contributed by atoms with Crippen molar-refractivity contribution in [1.29, 1.82) is 0 Å². The van der Waals surface area contributed by atoms with E-state index in [0.717, 1.165) is 25.3 Å². The molecule has 1 atom stereocenters. The number of phosphoric ester groups is 1. The molecular weight excluding hydrogens is 451 g/mol. The summed E-state index contributed by atoms with van der Waals surface area (Å²) in [5.41, 5.74) is 0.517. The molecule has 6 nitrogen and oxygen atoms in total. The minimum Gasteiger partial charge on any atom is -0.395 e. The van der Waals surface area contributed by atoms with Crippen LogP contribution in [0.3, 0.4) is 0 Å². The Kier molecular flexibility index (Phi) is 9.87. The Hall–Kier alpha value is -2.95. The summed E-state index contributed by atoms with van der Waals surface area (Å²) in [5.74, 6) is -1.05. The lowest BCUT2D eigenvalue weighted by Gasteiger charge is -2.22. The molecule has 0 aliphatic heterocycles. The number of carbonyl (C=O) groups excluding carboxylic acids is 2. The van der Waals surface area contributed by atoms with E-state index < -0.39 is 19.4 Å². The quantitative estimate of drug-likeness (QED) is 0.163. The fraction of sp³-hybridized carbons (Fsp3) is 0.333. The molecule has 34 heavy (non-hydrogen) atoms. The van der Waals surface area contributed by atoms with Gasteiger partial charge in [-0.3, -0.25) is 14.1 Å². The standard InChI is InChI=1S/C27H31O6P/c1-2-3-4-5-6-7-14-21-31-34(30,32-23-17-12-9-13-18-23)33-27-25(29)20-19-24(28)26(27)22-15-10-8-11-16-22/h8-13,15-20H,2-7,14,21H2,1H3. The summed E-state index contributed by atoms with van der Waals surface area (Å²) in [7, 11) is -4.26. The van der Waals surface area contributed by atoms with E-state index in [1.807, 2.05) is 0 Å². The van der Waals surface area contributed by atoms with E-state index in [1.54, 1.807) is 60.7 Å². The van der Waals surface area contributed by atoms with E-state index in [1.165, 1.54) is 25.3 Å². The van der Waals surface area contributed by atoms with Gasteiger partial charge in [0.1, 0.15) is 5.75 Å². The van der Waals surface area contributed by atoms with Crippen molar-refractivity contribution in [2.45, 2.75) is 51.9 Å². The van der Waals surface area contributed by atoms with Gasteiger partial charge in [-0.1, -0.05) is 94.0 Å². The molecule has 0 aromatic heterocycles. The van der Waals surface area contributed by atoms with E-state index in [-0.39, 0.29) is 23.7 Å². The molecule has 1 aliphatic carbocycles. The minimum absolute atomic E-state index is 0.0320. The zero-order valence-electron chi connectivity index (χ0n) is 19.5. The summed E-state index contributed by atoms with van der Waals surface area (Å²) in [6.07, 6.45) is 9.72. The van der Waals surface area contributed by atoms with Crippen molar-refractivity contribution in [3.63, 3.8) is 0 Å². The molecule has 1 aliphatic rings. The van der Waals surface area contributed by atoms with Gasteiger partial charge in [0, 0.05) is 0 Å². The number of ketones is 2. The van der Waals surface area contributed by atoms with Gasteiger partial charge in [-0.25, -0.2) is 4.57 Å². The highest BCUT2D eigenvalue weighted by Crippen LogP contribution is 2.52. The maximum Gasteiger partial charge on any atom is 0.587 e. The van der Waals surface area contributed by atoms with Crippen LogP contribution in [0.5, 0.6) is 5.75 Å². The largest absolute Gasteiger partial charge is 0.587 e. The Morgan fingerprint density at radius 2 is 1.29 bits per heavy atom. The second kappa shape index (κ2) is 13.1. The van der Waals surface area contributed by atoms with Gasteiger partial charge in [-0.05, 0) is 36.3 Å². The number of hydrogen-bond donors (Lipinski definition) is 0. The monoisotopic (exact) mass is 482 g/mol. The van der Waals surface area contributed by atoms with Crippen molar-refractivity contribution in [2.24, 2.45) is 0 Å². The predicted molar refractivity (Wildman–Crippen MR) is 132 cm³/mol. The zero-order valence-corrected chi connectivity index (χ0v) is 20.4. The molecule has 0 amide bonds. The van der Waals surface area contributed by atoms with E-state index in [4.69, 9.17) is 13.6 Å². The number of allylic oxidation sites excluding steroid dienone is 3. The Morgan fingerprint density at radius 1 is 0.706 bits per heavy atom. The van der Waals surface area contributed by atoms with Crippen LogP contribution in [0, 0.1) is 0 Å². The fourth-order valence-corrected chi connectivity index (χ4v) is 4.82.